The molecule has 166 valence electrons. The summed E-state index contributed by atoms with van der Waals surface area (Å²) in [6.07, 6.45) is 10.9. The van der Waals surface area contributed by atoms with Crippen LogP contribution in [0.1, 0.15) is 72.6 Å². The van der Waals surface area contributed by atoms with Crippen molar-refractivity contribution in [2.75, 3.05) is 13.7 Å². The van der Waals surface area contributed by atoms with E-state index in [2.05, 4.69) is 35.4 Å². The predicted octanol–water partition coefficient (Wildman–Crippen LogP) is 4.53. The van der Waals surface area contributed by atoms with E-state index in [0.717, 1.165) is 38.0 Å². The normalized spacial score (nSPS) is 18.2. The number of pyridine rings is 1. The summed E-state index contributed by atoms with van der Waals surface area (Å²) in [5, 5.41) is 3.70. The first-order valence-corrected chi connectivity index (χ1v) is 11.8. The van der Waals surface area contributed by atoms with Crippen LogP contribution in [0.4, 0.5) is 0 Å². The van der Waals surface area contributed by atoms with Crippen LogP contribution in [0.15, 0.2) is 36.5 Å². The number of ether oxygens (including phenoxy) is 1. The molecule has 2 aliphatic carbocycles. The van der Waals surface area contributed by atoms with E-state index < -0.39 is 0 Å². The average Bonchev–Trinajstić information content (AvgIpc) is 3.47. The number of likely N-dealkylation sites (N-methyl/N-ethyl adjacent to an activating group) is 1. The maximum atomic E-state index is 13.0. The van der Waals surface area contributed by atoms with E-state index in [1.54, 1.807) is 12.3 Å². The van der Waals surface area contributed by atoms with Crippen molar-refractivity contribution < 1.29 is 9.53 Å². The second-order valence-electron chi connectivity index (χ2n) is 9.02. The molecule has 1 N–H and O–H groups in total. The zero-order valence-corrected chi connectivity index (χ0v) is 18.9. The van der Waals surface area contributed by atoms with Crippen molar-refractivity contribution in [2.45, 2.75) is 76.9 Å². The Hall–Kier alpha value is -2.40. The number of hydrogen-bond donors (Lipinski definition) is 1. The second-order valence-corrected chi connectivity index (χ2v) is 9.02. The van der Waals surface area contributed by atoms with Crippen molar-refractivity contribution in [3.8, 4) is 5.75 Å². The third-order valence-electron chi connectivity index (χ3n) is 6.72. The molecule has 1 heterocycles. The first-order valence-electron chi connectivity index (χ1n) is 11.8. The van der Waals surface area contributed by atoms with Crippen LogP contribution in [0, 0.1) is 0 Å². The Kier molecular flexibility index (Phi) is 7.23. The third-order valence-corrected chi connectivity index (χ3v) is 6.72. The summed E-state index contributed by atoms with van der Waals surface area (Å²) < 4.78 is 5.65. The van der Waals surface area contributed by atoms with E-state index >= 15 is 0 Å². The molecule has 1 amide bonds. The zero-order chi connectivity index (χ0) is 21.6. The highest BCUT2D eigenvalue weighted by molar-refractivity contribution is 5.92. The van der Waals surface area contributed by atoms with Crippen LogP contribution >= 0.6 is 0 Å². The summed E-state index contributed by atoms with van der Waals surface area (Å²) >= 11 is 0. The molecule has 1 aromatic heterocycles. The maximum absolute atomic E-state index is 13.0. The highest BCUT2D eigenvalue weighted by Gasteiger charge is 2.29. The molecule has 2 aliphatic rings. The average molecular weight is 422 g/mol. The van der Waals surface area contributed by atoms with E-state index in [4.69, 9.17) is 4.74 Å². The number of carbonyl (C=O) groups is 1. The van der Waals surface area contributed by atoms with E-state index in [9.17, 15) is 4.79 Å². The number of fused-ring (bicyclic) bond motifs is 1. The number of nitrogens with zero attached hydrogens (tertiary/aromatic N) is 2. The third kappa shape index (κ3) is 5.45. The molecule has 4 rings (SSSR count). The maximum Gasteiger partial charge on any atom is 0.272 e. The SMILES string of the molecule is CCCCOc1ccc(C(=O)N(C)C2Cc3ccc(CNC4CCCC4)cc3C2)nc1. The summed E-state index contributed by atoms with van der Waals surface area (Å²) in [7, 11) is 1.90. The molecule has 1 fully saturated rings. The standard InChI is InChI=1S/C26H35N3O2/c1-3-4-13-31-24-11-12-25(28-18-24)26(30)29(2)23-15-20-10-9-19(14-21(20)16-23)17-27-22-7-5-6-8-22/h9-12,14,18,22-23,27H,3-8,13,15-17H2,1-2H3. The smallest absolute Gasteiger partial charge is 0.272 e. The molecular weight excluding hydrogens is 386 g/mol. The van der Waals surface area contributed by atoms with E-state index in [0.29, 0.717) is 18.3 Å². The first kappa shape index (κ1) is 21.8. The molecule has 2 aromatic rings. The van der Waals surface area contributed by atoms with E-state index in [1.807, 2.05) is 18.0 Å². The van der Waals surface area contributed by atoms with Gasteiger partial charge in [0.1, 0.15) is 11.4 Å². The highest BCUT2D eigenvalue weighted by Crippen LogP contribution is 2.27. The second kappa shape index (κ2) is 10.3. The van der Waals surface area contributed by atoms with Gasteiger partial charge in [0.05, 0.1) is 12.8 Å². The lowest BCUT2D eigenvalue weighted by molar-refractivity contribution is 0.0731. The minimum Gasteiger partial charge on any atom is -0.492 e. The quantitative estimate of drug-likeness (QED) is 0.605. The number of aromatic nitrogens is 1. The summed E-state index contributed by atoms with van der Waals surface area (Å²) in [6, 6.07) is 11.3. The Labute approximate surface area is 186 Å². The van der Waals surface area contributed by atoms with Crippen LogP contribution in [-0.2, 0) is 19.4 Å². The summed E-state index contributed by atoms with van der Waals surface area (Å²) in [6.45, 7) is 3.76. The number of unbranched alkanes of at least 4 members (excludes halogenated alkanes) is 1. The van der Waals surface area contributed by atoms with Crippen molar-refractivity contribution in [3.05, 3.63) is 58.9 Å². The van der Waals surface area contributed by atoms with Crippen molar-refractivity contribution in [2.24, 2.45) is 0 Å². The molecule has 5 nitrogen and oxygen atoms in total. The molecule has 31 heavy (non-hydrogen) atoms. The number of nitrogens with one attached hydrogen (secondary N) is 1. The number of benzene rings is 1. The molecule has 5 heteroatoms. The molecule has 0 radical (unpaired) electrons. The minimum atomic E-state index is -0.0268. The fourth-order valence-corrected chi connectivity index (χ4v) is 4.70. The van der Waals surface area contributed by atoms with E-state index in [1.165, 1.54) is 42.4 Å². The van der Waals surface area contributed by atoms with Crippen LogP contribution in [0.25, 0.3) is 0 Å². The highest BCUT2D eigenvalue weighted by atomic mass is 16.5. The van der Waals surface area contributed by atoms with Crippen molar-refractivity contribution in [1.29, 1.82) is 0 Å². The summed E-state index contributed by atoms with van der Waals surface area (Å²) in [5.41, 5.74) is 4.56. The number of hydrogen-bond acceptors (Lipinski definition) is 4. The van der Waals surface area contributed by atoms with Crippen molar-refractivity contribution in [1.82, 2.24) is 15.2 Å². The zero-order valence-electron chi connectivity index (χ0n) is 18.9. The van der Waals surface area contributed by atoms with Gasteiger partial charge in [-0.25, -0.2) is 4.98 Å². The monoisotopic (exact) mass is 421 g/mol. The van der Waals surface area contributed by atoms with Gasteiger partial charge in [-0.05, 0) is 60.9 Å². The van der Waals surface area contributed by atoms with Gasteiger partial charge in [0.25, 0.3) is 5.91 Å². The number of carbonyl (C=O) groups excluding carboxylic acids is 1. The van der Waals surface area contributed by atoms with Crippen LogP contribution in [0.2, 0.25) is 0 Å². The Morgan fingerprint density at radius 3 is 2.71 bits per heavy atom. The lowest BCUT2D eigenvalue weighted by Crippen LogP contribution is -2.38. The van der Waals surface area contributed by atoms with E-state index in [-0.39, 0.29) is 11.9 Å². The number of rotatable bonds is 9. The molecule has 1 aromatic carbocycles. The molecule has 0 spiro atoms. The minimum absolute atomic E-state index is 0.0268. The first-order chi connectivity index (χ1) is 15.1. The van der Waals surface area contributed by atoms with Gasteiger partial charge in [0.15, 0.2) is 0 Å². The Balaban J connectivity index is 1.33. The van der Waals surface area contributed by atoms with Crippen LogP contribution in [0.5, 0.6) is 5.75 Å². The van der Waals surface area contributed by atoms with Gasteiger partial charge in [-0.3, -0.25) is 4.79 Å². The summed E-state index contributed by atoms with van der Waals surface area (Å²) in [5.74, 6) is 0.695. The van der Waals surface area contributed by atoms with Crippen LogP contribution in [0.3, 0.4) is 0 Å². The Morgan fingerprint density at radius 2 is 1.97 bits per heavy atom. The molecule has 0 bridgehead atoms. The van der Waals surface area contributed by atoms with Gasteiger partial charge < -0.3 is 15.0 Å². The molecule has 1 saturated carbocycles. The van der Waals surface area contributed by atoms with Gasteiger partial charge in [-0.15, -0.1) is 0 Å². The summed E-state index contributed by atoms with van der Waals surface area (Å²) in [4.78, 5) is 19.2. The van der Waals surface area contributed by atoms with Crippen molar-refractivity contribution >= 4 is 5.91 Å². The molecule has 0 saturated heterocycles. The van der Waals surface area contributed by atoms with Gasteiger partial charge >= 0.3 is 0 Å². The number of amides is 1. The lowest BCUT2D eigenvalue weighted by Gasteiger charge is -2.24. The molecule has 1 atom stereocenters. The fraction of sp³-hybridized carbons (Fsp3) is 0.538. The lowest BCUT2D eigenvalue weighted by atomic mass is 10.1. The van der Waals surface area contributed by atoms with Gasteiger partial charge in [-0.1, -0.05) is 44.4 Å². The fourth-order valence-electron chi connectivity index (χ4n) is 4.70. The van der Waals surface area contributed by atoms with Crippen LogP contribution in [-0.4, -0.2) is 41.5 Å². The largest absolute Gasteiger partial charge is 0.492 e. The molecule has 1 unspecified atom stereocenters. The van der Waals surface area contributed by atoms with Gasteiger partial charge in [-0.2, -0.15) is 0 Å². The topological polar surface area (TPSA) is 54.5 Å². The predicted molar refractivity (Wildman–Crippen MR) is 123 cm³/mol. The molecular formula is C26H35N3O2. The Bertz CT molecular complexity index is 875. The van der Waals surface area contributed by atoms with Crippen molar-refractivity contribution in [3.63, 3.8) is 0 Å². The van der Waals surface area contributed by atoms with Gasteiger partial charge in [0.2, 0.25) is 0 Å². The Morgan fingerprint density at radius 1 is 1.16 bits per heavy atom. The molecule has 0 aliphatic heterocycles. The van der Waals surface area contributed by atoms with Crippen LogP contribution < -0.4 is 10.1 Å². The van der Waals surface area contributed by atoms with Gasteiger partial charge in [0, 0.05) is 25.7 Å².